The van der Waals surface area contributed by atoms with E-state index in [2.05, 4.69) is 15.3 Å². The normalized spacial score (nSPS) is 12.9. The number of hydrogen-bond donors (Lipinski definition) is 2. The van der Waals surface area contributed by atoms with E-state index in [0.29, 0.717) is 12.4 Å². The number of aliphatic hydroxyl groups excluding tert-OH is 1. The number of aliphatic hydroxyl groups is 1. The van der Waals surface area contributed by atoms with Crippen LogP contribution in [0.4, 0.5) is 5.82 Å². The first-order chi connectivity index (χ1) is 8.24. The second kappa shape index (κ2) is 5.59. The largest absolute Gasteiger partial charge is 0.394 e. The minimum Gasteiger partial charge on any atom is -0.394 e. The van der Waals surface area contributed by atoms with Crippen LogP contribution in [0.25, 0.3) is 10.2 Å². The molecule has 2 rings (SSSR count). The molecule has 1 atom stereocenters. The van der Waals surface area contributed by atoms with Gasteiger partial charge in [-0.2, -0.15) is 0 Å². The van der Waals surface area contributed by atoms with Crippen LogP contribution >= 0.6 is 22.9 Å². The van der Waals surface area contributed by atoms with Crippen LogP contribution in [0, 0.1) is 0 Å². The van der Waals surface area contributed by atoms with Gasteiger partial charge in [0.25, 0.3) is 0 Å². The molecular formula is C10H12ClN3O2S. The molecule has 0 spiro atoms. The topological polar surface area (TPSA) is 67.3 Å². The van der Waals surface area contributed by atoms with Crippen molar-refractivity contribution >= 4 is 39.0 Å². The van der Waals surface area contributed by atoms with Crippen molar-refractivity contribution in [3.05, 3.63) is 16.7 Å². The van der Waals surface area contributed by atoms with Gasteiger partial charge < -0.3 is 15.2 Å². The standard InChI is InChI=1S/C10H12ClN3O2S/c1-16-5-6(4-15)12-8-7-2-3-17-9(7)14-10(11)13-8/h2-3,6,15H,4-5H2,1H3,(H,12,13,14). The molecule has 0 fully saturated rings. The fourth-order valence-corrected chi connectivity index (χ4v) is 2.46. The second-order valence-electron chi connectivity index (χ2n) is 3.46. The molecule has 0 aliphatic rings. The summed E-state index contributed by atoms with van der Waals surface area (Å²) in [7, 11) is 1.58. The lowest BCUT2D eigenvalue weighted by atomic mass is 10.3. The van der Waals surface area contributed by atoms with Gasteiger partial charge in [0, 0.05) is 7.11 Å². The van der Waals surface area contributed by atoms with E-state index in [0.717, 1.165) is 10.2 Å². The van der Waals surface area contributed by atoms with Gasteiger partial charge in [0.15, 0.2) is 0 Å². The quantitative estimate of drug-likeness (QED) is 0.813. The fourth-order valence-electron chi connectivity index (χ4n) is 1.47. The summed E-state index contributed by atoms with van der Waals surface area (Å²) in [5.74, 6) is 0.623. The van der Waals surface area contributed by atoms with E-state index in [-0.39, 0.29) is 17.9 Å². The summed E-state index contributed by atoms with van der Waals surface area (Å²) in [6, 6.07) is 1.70. The zero-order chi connectivity index (χ0) is 12.3. The lowest BCUT2D eigenvalue weighted by Crippen LogP contribution is -2.29. The zero-order valence-electron chi connectivity index (χ0n) is 9.18. The molecule has 2 aromatic heterocycles. The molecule has 0 bridgehead atoms. The Hall–Kier alpha value is -0.950. The van der Waals surface area contributed by atoms with Gasteiger partial charge in [-0.1, -0.05) is 0 Å². The molecule has 0 aromatic carbocycles. The van der Waals surface area contributed by atoms with Crippen molar-refractivity contribution in [3.63, 3.8) is 0 Å². The Labute approximate surface area is 107 Å². The molecule has 92 valence electrons. The molecule has 2 heterocycles. The summed E-state index contributed by atoms with van der Waals surface area (Å²) in [4.78, 5) is 9.06. The number of nitrogens with one attached hydrogen (secondary N) is 1. The molecule has 2 N–H and O–H groups in total. The van der Waals surface area contributed by atoms with Gasteiger partial charge in [-0.25, -0.2) is 9.97 Å². The third-order valence-electron chi connectivity index (χ3n) is 2.23. The number of thiophene rings is 1. The highest BCUT2D eigenvalue weighted by atomic mass is 35.5. The Balaban J connectivity index is 2.30. The summed E-state index contributed by atoms with van der Waals surface area (Å²) in [5.41, 5.74) is 0. The van der Waals surface area contributed by atoms with Gasteiger partial charge >= 0.3 is 0 Å². The SMILES string of the molecule is COCC(CO)Nc1nc(Cl)nc2sccc12. The van der Waals surface area contributed by atoms with Crippen LogP contribution in [0.2, 0.25) is 5.28 Å². The van der Waals surface area contributed by atoms with Crippen LogP contribution in [0.15, 0.2) is 11.4 Å². The van der Waals surface area contributed by atoms with Gasteiger partial charge in [0.2, 0.25) is 5.28 Å². The number of fused-ring (bicyclic) bond motifs is 1. The first kappa shape index (κ1) is 12.5. The smallest absolute Gasteiger partial charge is 0.225 e. The average Bonchev–Trinajstić information content (AvgIpc) is 2.76. The average molecular weight is 274 g/mol. The number of nitrogens with zero attached hydrogens (tertiary/aromatic N) is 2. The number of halogens is 1. The van der Waals surface area contributed by atoms with E-state index >= 15 is 0 Å². The van der Waals surface area contributed by atoms with Crippen LogP contribution in [0.3, 0.4) is 0 Å². The van der Waals surface area contributed by atoms with Crippen molar-refractivity contribution in [2.24, 2.45) is 0 Å². The van der Waals surface area contributed by atoms with Crippen LogP contribution in [0.1, 0.15) is 0 Å². The van der Waals surface area contributed by atoms with Crippen molar-refractivity contribution in [2.45, 2.75) is 6.04 Å². The van der Waals surface area contributed by atoms with Crippen LogP contribution in [0.5, 0.6) is 0 Å². The van der Waals surface area contributed by atoms with Crippen LogP contribution < -0.4 is 5.32 Å². The molecule has 0 amide bonds. The molecule has 5 nitrogen and oxygen atoms in total. The van der Waals surface area contributed by atoms with Gasteiger partial charge in [0.1, 0.15) is 10.6 Å². The highest BCUT2D eigenvalue weighted by Gasteiger charge is 2.12. The molecule has 0 saturated heterocycles. The second-order valence-corrected chi connectivity index (χ2v) is 4.69. The van der Waals surface area contributed by atoms with Crippen molar-refractivity contribution in [1.82, 2.24) is 9.97 Å². The highest BCUT2D eigenvalue weighted by Crippen LogP contribution is 2.26. The van der Waals surface area contributed by atoms with E-state index in [1.54, 1.807) is 7.11 Å². The van der Waals surface area contributed by atoms with Gasteiger partial charge in [-0.05, 0) is 23.0 Å². The summed E-state index contributed by atoms with van der Waals surface area (Å²) >= 11 is 7.33. The van der Waals surface area contributed by atoms with E-state index in [1.807, 2.05) is 11.4 Å². The number of ether oxygens (including phenoxy) is 1. The van der Waals surface area contributed by atoms with E-state index in [4.69, 9.17) is 16.3 Å². The molecular weight excluding hydrogens is 262 g/mol. The number of rotatable bonds is 5. The lowest BCUT2D eigenvalue weighted by molar-refractivity contribution is 0.153. The Morgan fingerprint density at radius 2 is 2.41 bits per heavy atom. The zero-order valence-corrected chi connectivity index (χ0v) is 10.8. The Bertz CT molecular complexity index is 505. The third kappa shape index (κ3) is 2.84. The number of anilines is 1. The predicted molar refractivity (Wildman–Crippen MR) is 68.8 cm³/mol. The summed E-state index contributed by atoms with van der Waals surface area (Å²) < 4.78 is 4.99. The van der Waals surface area contributed by atoms with Crippen LogP contribution in [-0.4, -0.2) is 41.4 Å². The first-order valence-electron chi connectivity index (χ1n) is 5.01. The maximum atomic E-state index is 9.19. The van der Waals surface area contributed by atoms with Crippen molar-refractivity contribution < 1.29 is 9.84 Å². The monoisotopic (exact) mass is 273 g/mol. The van der Waals surface area contributed by atoms with Gasteiger partial charge in [-0.15, -0.1) is 11.3 Å². The maximum Gasteiger partial charge on any atom is 0.225 e. The summed E-state index contributed by atoms with van der Waals surface area (Å²) in [5, 5.41) is 15.3. The lowest BCUT2D eigenvalue weighted by Gasteiger charge is -2.16. The predicted octanol–water partition coefficient (Wildman–Crippen LogP) is 1.76. The number of methoxy groups -OCH3 is 1. The minimum absolute atomic E-state index is 0.0406. The summed E-state index contributed by atoms with van der Waals surface area (Å²) in [6.07, 6.45) is 0. The first-order valence-corrected chi connectivity index (χ1v) is 6.27. The van der Waals surface area contributed by atoms with E-state index in [1.165, 1.54) is 11.3 Å². The Morgan fingerprint density at radius 3 is 3.12 bits per heavy atom. The van der Waals surface area contributed by atoms with Crippen molar-refractivity contribution in [1.29, 1.82) is 0 Å². The molecule has 0 aliphatic heterocycles. The van der Waals surface area contributed by atoms with Crippen molar-refractivity contribution in [3.8, 4) is 0 Å². The van der Waals surface area contributed by atoms with E-state index in [9.17, 15) is 5.11 Å². The molecule has 0 saturated carbocycles. The summed E-state index contributed by atoms with van der Waals surface area (Å²) in [6.45, 7) is 0.352. The van der Waals surface area contributed by atoms with Crippen LogP contribution in [-0.2, 0) is 4.74 Å². The molecule has 7 heteroatoms. The van der Waals surface area contributed by atoms with Gasteiger partial charge in [-0.3, -0.25) is 0 Å². The molecule has 0 radical (unpaired) electrons. The van der Waals surface area contributed by atoms with Gasteiger partial charge in [0.05, 0.1) is 24.6 Å². The number of hydrogen-bond acceptors (Lipinski definition) is 6. The Kier molecular flexibility index (Phi) is 4.11. The maximum absolute atomic E-state index is 9.19. The minimum atomic E-state index is -0.214. The highest BCUT2D eigenvalue weighted by molar-refractivity contribution is 7.16. The molecule has 2 aromatic rings. The Morgan fingerprint density at radius 1 is 1.59 bits per heavy atom. The fraction of sp³-hybridized carbons (Fsp3) is 0.400. The number of aromatic nitrogens is 2. The van der Waals surface area contributed by atoms with E-state index < -0.39 is 0 Å². The van der Waals surface area contributed by atoms with Crippen molar-refractivity contribution in [2.75, 3.05) is 25.6 Å². The molecule has 17 heavy (non-hydrogen) atoms. The molecule has 0 aliphatic carbocycles. The third-order valence-corrected chi connectivity index (χ3v) is 3.20. The molecule has 1 unspecified atom stereocenters.